The normalized spacial score (nSPS) is 10.4. The number of anilines is 1. The zero-order chi connectivity index (χ0) is 15.3. The lowest BCUT2D eigenvalue weighted by molar-refractivity contribution is -0.122. The maximum Gasteiger partial charge on any atom is 0.254 e. The molecule has 6 heteroatoms. The first-order valence-corrected chi connectivity index (χ1v) is 7.28. The van der Waals surface area contributed by atoms with E-state index in [9.17, 15) is 9.59 Å². The molecule has 0 spiro atoms. The Balaban J connectivity index is 2.81. The Morgan fingerprint density at radius 1 is 1.40 bits per heavy atom. The van der Waals surface area contributed by atoms with Crippen molar-refractivity contribution < 1.29 is 9.59 Å². The Labute approximate surface area is 127 Å². The number of hydrogen-bond acceptors (Lipinski definition) is 3. The van der Waals surface area contributed by atoms with Gasteiger partial charge in [0.15, 0.2) is 0 Å². The molecule has 0 aromatic heterocycles. The summed E-state index contributed by atoms with van der Waals surface area (Å²) in [4.78, 5) is 25.6. The predicted octanol–water partition coefficient (Wildman–Crippen LogP) is 2.02. The number of nitrogens with one attached hydrogen (secondary N) is 1. The van der Waals surface area contributed by atoms with Crippen molar-refractivity contribution in [3.05, 3.63) is 28.2 Å². The Kier molecular flexibility index (Phi) is 6.01. The van der Waals surface area contributed by atoms with E-state index in [0.29, 0.717) is 17.8 Å². The molecule has 1 aromatic carbocycles. The van der Waals surface area contributed by atoms with E-state index in [-0.39, 0.29) is 24.4 Å². The van der Waals surface area contributed by atoms with Crippen LogP contribution in [-0.2, 0) is 4.79 Å². The number of nitrogens with zero attached hydrogens (tertiary/aromatic N) is 1. The first kappa shape index (κ1) is 16.5. The SMILES string of the molecule is CCN(CC(=O)NC(C)C)C(=O)c1ccc(Br)c(N)c1. The van der Waals surface area contributed by atoms with Crippen LogP contribution in [0.15, 0.2) is 22.7 Å². The highest BCUT2D eigenvalue weighted by molar-refractivity contribution is 9.10. The first-order valence-electron chi connectivity index (χ1n) is 6.48. The third-order valence-corrected chi connectivity index (χ3v) is 3.42. The average molecular weight is 342 g/mol. The van der Waals surface area contributed by atoms with Gasteiger partial charge in [-0.3, -0.25) is 9.59 Å². The molecule has 0 fully saturated rings. The number of halogens is 1. The molecule has 0 unspecified atom stereocenters. The van der Waals surface area contributed by atoms with Crippen LogP contribution in [0.5, 0.6) is 0 Å². The van der Waals surface area contributed by atoms with Gasteiger partial charge in [0, 0.05) is 28.3 Å². The number of carbonyl (C=O) groups is 2. The summed E-state index contributed by atoms with van der Waals surface area (Å²) >= 11 is 3.29. The molecule has 0 atom stereocenters. The van der Waals surface area contributed by atoms with Crippen molar-refractivity contribution in [2.75, 3.05) is 18.8 Å². The first-order chi connectivity index (χ1) is 9.35. The molecule has 20 heavy (non-hydrogen) atoms. The molecule has 0 aliphatic carbocycles. The summed E-state index contributed by atoms with van der Waals surface area (Å²) in [6.07, 6.45) is 0. The van der Waals surface area contributed by atoms with Gasteiger partial charge in [-0.05, 0) is 54.9 Å². The molecule has 5 nitrogen and oxygen atoms in total. The van der Waals surface area contributed by atoms with Gasteiger partial charge in [0.1, 0.15) is 0 Å². The van der Waals surface area contributed by atoms with Crippen molar-refractivity contribution in [1.82, 2.24) is 10.2 Å². The fourth-order valence-corrected chi connectivity index (χ4v) is 1.97. The van der Waals surface area contributed by atoms with Crippen molar-refractivity contribution in [3.8, 4) is 0 Å². The molecule has 0 radical (unpaired) electrons. The van der Waals surface area contributed by atoms with Crippen LogP contribution in [0.4, 0.5) is 5.69 Å². The molecule has 0 saturated heterocycles. The van der Waals surface area contributed by atoms with Gasteiger partial charge in [-0.2, -0.15) is 0 Å². The summed E-state index contributed by atoms with van der Waals surface area (Å²) < 4.78 is 0.745. The van der Waals surface area contributed by atoms with Crippen LogP contribution in [0.2, 0.25) is 0 Å². The number of amides is 2. The van der Waals surface area contributed by atoms with Crippen LogP contribution >= 0.6 is 15.9 Å². The molecular weight excluding hydrogens is 322 g/mol. The summed E-state index contributed by atoms with van der Waals surface area (Å²) in [7, 11) is 0. The van der Waals surface area contributed by atoms with Crippen molar-refractivity contribution in [1.29, 1.82) is 0 Å². The lowest BCUT2D eigenvalue weighted by atomic mass is 10.1. The quantitative estimate of drug-likeness (QED) is 0.804. The van der Waals surface area contributed by atoms with E-state index in [1.165, 1.54) is 4.90 Å². The molecule has 3 N–H and O–H groups in total. The maximum absolute atomic E-state index is 12.3. The minimum absolute atomic E-state index is 0.0451. The Bertz CT molecular complexity index is 503. The van der Waals surface area contributed by atoms with Gasteiger partial charge in [-0.15, -0.1) is 0 Å². The predicted molar refractivity (Wildman–Crippen MR) is 83.4 cm³/mol. The van der Waals surface area contributed by atoms with Gasteiger partial charge in [-0.1, -0.05) is 0 Å². The number of hydrogen-bond donors (Lipinski definition) is 2. The van der Waals surface area contributed by atoms with E-state index in [1.807, 2.05) is 20.8 Å². The second-order valence-electron chi connectivity index (χ2n) is 4.78. The van der Waals surface area contributed by atoms with Gasteiger partial charge in [0.2, 0.25) is 5.91 Å². The number of benzene rings is 1. The average Bonchev–Trinajstić information content (AvgIpc) is 2.37. The maximum atomic E-state index is 12.3. The van der Waals surface area contributed by atoms with E-state index in [0.717, 1.165) is 4.47 Å². The van der Waals surface area contributed by atoms with E-state index in [1.54, 1.807) is 18.2 Å². The molecule has 0 aliphatic rings. The molecule has 0 heterocycles. The Morgan fingerprint density at radius 3 is 2.55 bits per heavy atom. The lowest BCUT2D eigenvalue weighted by Crippen LogP contribution is -2.42. The number of nitrogens with two attached hydrogens (primary N) is 1. The number of carbonyl (C=O) groups excluding carboxylic acids is 2. The van der Waals surface area contributed by atoms with Crippen LogP contribution in [0.25, 0.3) is 0 Å². The standard InChI is InChI=1S/C14H20BrN3O2/c1-4-18(8-13(19)17-9(2)3)14(20)10-5-6-11(15)12(16)7-10/h5-7,9H,4,8,16H2,1-3H3,(H,17,19). The molecule has 2 amide bonds. The van der Waals surface area contributed by atoms with Gasteiger partial charge < -0.3 is 16.0 Å². The fourth-order valence-electron chi connectivity index (χ4n) is 1.73. The third-order valence-electron chi connectivity index (χ3n) is 2.70. The molecule has 1 rings (SSSR count). The van der Waals surface area contributed by atoms with E-state index in [2.05, 4.69) is 21.2 Å². The zero-order valence-corrected chi connectivity index (χ0v) is 13.5. The minimum Gasteiger partial charge on any atom is -0.398 e. The van der Waals surface area contributed by atoms with Crippen LogP contribution < -0.4 is 11.1 Å². The van der Waals surface area contributed by atoms with Crippen molar-refractivity contribution in [3.63, 3.8) is 0 Å². The van der Waals surface area contributed by atoms with Crippen LogP contribution in [0.1, 0.15) is 31.1 Å². The van der Waals surface area contributed by atoms with Crippen LogP contribution in [0, 0.1) is 0 Å². The minimum atomic E-state index is -0.203. The van der Waals surface area contributed by atoms with Gasteiger partial charge in [0.25, 0.3) is 5.91 Å². The number of likely N-dealkylation sites (N-methyl/N-ethyl adjacent to an activating group) is 1. The zero-order valence-electron chi connectivity index (χ0n) is 11.9. The van der Waals surface area contributed by atoms with E-state index in [4.69, 9.17) is 5.73 Å². The molecule has 0 saturated carbocycles. The largest absolute Gasteiger partial charge is 0.398 e. The van der Waals surface area contributed by atoms with Crippen molar-refractivity contribution in [2.24, 2.45) is 0 Å². The molecule has 110 valence electrons. The molecule has 0 bridgehead atoms. The van der Waals surface area contributed by atoms with E-state index < -0.39 is 0 Å². The Hall–Kier alpha value is -1.56. The fraction of sp³-hybridized carbons (Fsp3) is 0.429. The third kappa shape index (κ3) is 4.52. The number of nitrogen functional groups attached to an aromatic ring is 1. The smallest absolute Gasteiger partial charge is 0.254 e. The number of rotatable bonds is 5. The molecule has 0 aliphatic heterocycles. The highest BCUT2D eigenvalue weighted by atomic mass is 79.9. The summed E-state index contributed by atoms with van der Waals surface area (Å²) in [5.74, 6) is -0.370. The summed E-state index contributed by atoms with van der Waals surface area (Å²) in [6.45, 7) is 6.10. The Morgan fingerprint density at radius 2 is 2.05 bits per heavy atom. The van der Waals surface area contributed by atoms with Gasteiger partial charge in [-0.25, -0.2) is 0 Å². The second kappa shape index (κ2) is 7.28. The van der Waals surface area contributed by atoms with Crippen molar-refractivity contribution >= 4 is 33.4 Å². The van der Waals surface area contributed by atoms with E-state index >= 15 is 0 Å². The second-order valence-corrected chi connectivity index (χ2v) is 5.63. The topological polar surface area (TPSA) is 75.4 Å². The van der Waals surface area contributed by atoms with Gasteiger partial charge in [0.05, 0.1) is 6.54 Å². The monoisotopic (exact) mass is 341 g/mol. The summed E-state index contributed by atoms with van der Waals surface area (Å²) in [5.41, 5.74) is 6.75. The van der Waals surface area contributed by atoms with Gasteiger partial charge >= 0.3 is 0 Å². The van der Waals surface area contributed by atoms with Crippen LogP contribution in [0.3, 0.4) is 0 Å². The van der Waals surface area contributed by atoms with Crippen molar-refractivity contribution in [2.45, 2.75) is 26.8 Å². The highest BCUT2D eigenvalue weighted by Gasteiger charge is 2.18. The summed E-state index contributed by atoms with van der Waals surface area (Å²) in [5, 5.41) is 2.77. The van der Waals surface area contributed by atoms with Crippen LogP contribution in [-0.4, -0.2) is 35.8 Å². The highest BCUT2D eigenvalue weighted by Crippen LogP contribution is 2.21. The molecular formula is C14H20BrN3O2. The lowest BCUT2D eigenvalue weighted by Gasteiger charge is -2.21. The molecule has 1 aromatic rings. The summed E-state index contributed by atoms with van der Waals surface area (Å²) in [6, 6.07) is 5.07.